The predicted molar refractivity (Wildman–Crippen MR) is 90.2 cm³/mol. The fourth-order valence-corrected chi connectivity index (χ4v) is 3.94. The lowest BCUT2D eigenvalue weighted by atomic mass is 9.79. The zero-order valence-electron chi connectivity index (χ0n) is 14.1. The van der Waals surface area contributed by atoms with Crippen molar-refractivity contribution in [1.82, 2.24) is 4.90 Å². The second-order valence-corrected chi connectivity index (χ2v) is 6.35. The van der Waals surface area contributed by atoms with E-state index in [1.165, 1.54) is 16.7 Å². The Morgan fingerprint density at radius 2 is 1.38 bits per heavy atom. The van der Waals surface area contributed by atoms with Crippen LogP contribution in [0.25, 0.3) is 0 Å². The molecule has 2 aromatic carbocycles. The summed E-state index contributed by atoms with van der Waals surface area (Å²) < 4.78 is 16.2. The Hall–Kier alpha value is -2.40. The Balaban J connectivity index is 1.88. The van der Waals surface area contributed by atoms with Gasteiger partial charge < -0.3 is 19.3 Å². The number of hydrogen-bond donors (Lipinski definition) is 1. The van der Waals surface area contributed by atoms with Gasteiger partial charge in [-0.1, -0.05) is 0 Å². The van der Waals surface area contributed by atoms with Gasteiger partial charge in [0.25, 0.3) is 0 Å². The van der Waals surface area contributed by atoms with Gasteiger partial charge >= 0.3 is 0 Å². The van der Waals surface area contributed by atoms with Gasteiger partial charge in [-0.25, -0.2) is 0 Å². The average molecular weight is 327 g/mol. The van der Waals surface area contributed by atoms with E-state index in [0.29, 0.717) is 5.75 Å². The maximum absolute atomic E-state index is 10.1. The molecular weight excluding hydrogens is 306 g/mol. The fourth-order valence-electron chi connectivity index (χ4n) is 3.94. The first-order valence-electron chi connectivity index (χ1n) is 8.01. The first kappa shape index (κ1) is 15.1. The van der Waals surface area contributed by atoms with E-state index in [9.17, 15) is 5.11 Å². The van der Waals surface area contributed by atoms with E-state index < -0.39 is 0 Å². The van der Waals surface area contributed by atoms with Crippen LogP contribution in [0.3, 0.4) is 0 Å². The number of aromatic hydroxyl groups is 1. The number of methoxy groups -OCH3 is 3. The summed E-state index contributed by atoms with van der Waals surface area (Å²) in [4.78, 5) is 2.40. The highest BCUT2D eigenvalue weighted by Gasteiger charge is 2.34. The molecule has 4 rings (SSSR count). The van der Waals surface area contributed by atoms with Crippen LogP contribution in [-0.2, 0) is 13.1 Å². The van der Waals surface area contributed by atoms with Crippen molar-refractivity contribution in [2.24, 2.45) is 0 Å². The number of nitrogens with zero attached hydrogens (tertiary/aromatic N) is 1. The predicted octanol–water partition coefficient (Wildman–Crippen LogP) is 2.88. The highest BCUT2D eigenvalue weighted by Crippen LogP contribution is 2.46. The van der Waals surface area contributed by atoms with Crippen molar-refractivity contribution in [2.45, 2.75) is 19.0 Å². The lowest BCUT2D eigenvalue weighted by Crippen LogP contribution is -2.38. The van der Waals surface area contributed by atoms with E-state index in [1.807, 2.05) is 12.1 Å². The molecule has 2 aliphatic heterocycles. The van der Waals surface area contributed by atoms with Gasteiger partial charge in [-0.2, -0.15) is 0 Å². The van der Waals surface area contributed by atoms with Gasteiger partial charge in [0.15, 0.2) is 23.0 Å². The molecule has 0 saturated carbocycles. The van der Waals surface area contributed by atoms with Gasteiger partial charge in [0, 0.05) is 25.6 Å². The topological polar surface area (TPSA) is 51.2 Å². The van der Waals surface area contributed by atoms with Gasteiger partial charge in [-0.05, 0) is 46.5 Å². The number of rotatable bonds is 3. The molecule has 5 nitrogen and oxygen atoms in total. The SMILES string of the molecule is COc1cc2c(cc1O)CN1Cc3cc(OC)c(OC)cc3[C@@H]2C1. The quantitative estimate of drug-likeness (QED) is 0.939. The van der Waals surface area contributed by atoms with E-state index in [1.54, 1.807) is 21.3 Å². The highest BCUT2D eigenvalue weighted by atomic mass is 16.5. The summed E-state index contributed by atoms with van der Waals surface area (Å²) in [6.07, 6.45) is 0. The molecule has 5 heteroatoms. The molecule has 2 aliphatic rings. The maximum atomic E-state index is 10.1. The number of ether oxygens (including phenoxy) is 3. The summed E-state index contributed by atoms with van der Waals surface area (Å²) in [6, 6.07) is 7.97. The van der Waals surface area contributed by atoms with Crippen LogP contribution in [-0.4, -0.2) is 37.9 Å². The first-order chi connectivity index (χ1) is 11.6. The molecule has 0 aliphatic carbocycles. The van der Waals surface area contributed by atoms with Crippen molar-refractivity contribution < 1.29 is 19.3 Å². The Kier molecular flexibility index (Phi) is 3.53. The van der Waals surface area contributed by atoms with Crippen LogP contribution in [0.15, 0.2) is 24.3 Å². The fraction of sp³-hybridized carbons (Fsp3) is 0.368. The molecule has 0 aromatic heterocycles. The van der Waals surface area contributed by atoms with Crippen molar-refractivity contribution in [3.05, 3.63) is 46.5 Å². The lowest BCUT2D eigenvalue weighted by Gasteiger charge is -2.41. The maximum Gasteiger partial charge on any atom is 0.161 e. The second-order valence-electron chi connectivity index (χ2n) is 6.35. The Morgan fingerprint density at radius 3 is 2.00 bits per heavy atom. The monoisotopic (exact) mass is 327 g/mol. The molecule has 0 amide bonds. The summed E-state index contributed by atoms with van der Waals surface area (Å²) in [5.74, 6) is 2.48. The smallest absolute Gasteiger partial charge is 0.161 e. The van der Waals surface area contributed by atoms with Crippen molar-refractivity contribution in [3.63, 3.8) is 0 Å². The molecule has 24 heavy (non-hydrogen) atoms. The first-order valence-corrected chi connectivity index (χ1v) is 8.01. The van der Waals surface area contributed by atoms with Gasteiger partial charge in [-0.3, -0.25) is 4.90 Å². The molecular formula is C19H21NO4. The van der Waals surface area contributed by atoms with E-state index in [-0.39, 0.29) is 11.7 Å². The molecule has 0 fully saturated rings. The van der Waals surface area contributed by atoms with Gasteiger partial charge in [0.1, 0.15) is 0 Å². The lowest BCUT2D eigenvalue weighted by molar-refractivity contribution is 0.213. The molecule has 1 N–H and O–H groups in total. The Morgan fingerprint density at radius 1 is 0.833 bits per heavy atom. The van der Waals surface area contributed by atoms with Crippen LogP contribution in [0.4, 0.5) is 0 Å². The third kappa shape index (κ3) is 2.19. The molecule has 2 bridgehead atoms. The summed E-state index contributed by atoms with van der Waals surface area (Å²) in [6.45, 7) is 2.67. The minimum absolute atomic E-state index is 0.199. The van der Waals surface area contributed by atoms with Crippen LogP contribution < -0.4 is 14.2 Å². The molecule has 2 atom stereocenters. The minimum Gasteiger partial charge on any atom is -0.504 e. The zero-order valence-corrected chi connectivity index (χ0v) is 14.1. The third-order valence-electron chi connectivity index (χ3n) is 5.07. The molecule has 2 aromatic rings. The number of fused-ring (bicyclic) bond motifs is 6. The second kappa shape index (κ2) is 5.60. The molecule has 0 radical (unpaired) electrons. The number of benzene rings is 2. The molecule has 1 unspecified atom stereocenters. The largest absolute Gasteiger partial charge is 0.504 e. The van der Waals surface area contributed by atoms with Crippen molar-refractivity contribution >= 4 is 0 Å². The normalized spacial score (nSPS) is 20.8. The van der Waals surface area contributed by atoms with E-state index in [2.05, 4.69) is 17.0 Å². The van der Waals surface area contributed by atoms with Crippen LogP contribution in [0.1, 0.15) is 28.2 Å². The molecule has 0 saturated heterocycles. The minimum atomic E-state index is 0.199. The molecule has 2 heterocycles. The Labute approximate surface area is 141 Å². The number of hydrogen-bond acceptors (Lipinski definition) is 5. The van der Waals surface area contributed by atoms with Crippen molar-refractivity contribution in [1.29, 1.82) is 0 Å². The van der Waals surface area contributed by atoms with Gasteiger partial charge in [-0.15, -0.1) is 0 Å². The van der Waals surface area contributed by atoms with Crippen molar-refractivity contribution in [2.75, 3.05) is 27.9 Å². The average Bonchev–Trinajstić information content (AvgIpc) is 2.60. The standard InChI is InChI=1S/C19H21NO4/c1-22-17-6-13-11(4-16(17)21)8-20-9-12-5-18(23-2)19(24-3)7-14(12)15(13)10-20/h4-7,15,21H,8-10H2,1-3H3/t15-/m1/s1. The van der Waals surface area contributed by atoms with Crippen LogP contribution in [0.5, 0.6) is 23.0 Å². The summed E-state index contributed by atoms with van der Waals surface area (Å²) in [5.41, 5.74) is 4.90. The molecule has 0 spiro atoms. The van der Waals surface area contributed by atoms with Crippen molar-refractivity contribution in [3.8, 4) is 23.0 Å². The van der Waals surface area contributed by atoms with Crippen LogP contribution in [0, 0.1) is 0 Å². The summed E-state index contributed by atoms with van der Waals surface area (Å²) >= 11 is 0. The van der Waals surface area contributed by atoms with E-state index in [4.69, 9.17) is 14.2 Å². The zero-order chi connectivity index (χ0) is 16.8. The summed E-state index contributed by atoms with van der Waals surface area (Å²) in [7, 11) is 4.91. The van der Waals surface area contributed by atoms with Gasteiger partial charge in [0.05, 0.1) is 21.3 Å². The Bertz CT molecular complexity index is 802. The van der Waals surface area contributed by atoms with Crippen LogP contribution >= 0.6 is 0 Å². The van der Waals surface area contributed by atoms with Gasteiger partial charge in [0.2, 0.25) is 0 Å². The van der Waals surface area contributed by atoms with Crippen LogP contribution in [0.2, 0.25) is 0 Å². The molecule has 126 valence electrons. The third-order valence-corrected chi connectivity index (χ3v) is 5.07. The number of phenols is 1. The van der Waals surface area contributed by atoms with E-state index >= 15 is 0 Å². The number of phenolic OH excluding ortho intramolecular Hbond substituents is 1. The van der Waals surface area contributed by atoms with E-state index in [0.717, 1.165) is 36.7 Å². The summed E-state index contributed by atoms with van der Waals surface area (Å²) in [5, 5.41) is 10.1. The highest BCUT2D eigenvalue weighted by molar-refractivity contribution is 5.56.